The van der Waals surface area contributed by atoms with Crippen LogP contribution in [-0.4, -0.2) is 55.7 Å². The van der Waals surface area contributed by atoms with Crippen molar-refractivity contribution in [2.45, 2.75) is 13.3 Å². The molecule has 32 heavy (non-hydrogen) atoms. The van der Waals surface area contributed by atoms with Crippen molar-refractivity contribution in [2.75, 3.05) is 42.9 Å². The maximum absolute atomic E-state index is 12.3. The highest BCUT2D eigenvalue weighted by atomic mass is 19.4. The Kier molecular flexibility index (Phi) is 7.00. The number of carbonyl (C=O) groups excluding carboxylic acids is 2. The molecule has 2 aromatic rings. The van der Waals surface area contributed by atoms with Gasteiger partial charge in [0.2, 0.25) is 5.91 Å². The second kappa shape index (κ2) is 9.70. The van der Waals surface area contributed by atoms with E-state index in [1.54, 1.807) is 18.2 Å². The quantitative estimate of drug-likeness (QED) is 0.685. The number of nitrogens with zero attached hydrogens (tertiary/aromatic N) is 3. The lowest BCUT2D eigenvalue weighted by Crippen LogP contribution is -2.48. The number of rotatable bonds is 6. The zero-order chi connectivity index (χ0) is 23.3. The molecule has 0 atom stereocenters. The first kappa shape index (κ1) is 23.1. The van der Waals surface area contributed by atoms with E-state index in [1.807, 2.05) is 9.80 Å². The number of amides is 1. The number of Topliss-reactive ketones (excluding diaryl/α,β-unsaturated/α-hetero) is 1. The van der Waals surface area contributed by atoms with Gasteiger partial charge < -0.3 is 15.0 Å². The highest BCUT2D eigenvalue weighted by Gasteiger charge is 2.31. The number of halogens is 3. The highest BCUT2D eigenvalue weighted by molar-refractivity contribution is 5.95. The van der Waals surface area contributed by atoms with Crippen molar-refractivity contribution in [1.82, 2.24) is 4.90 Å². The van der Waals surface area contributed by atoms with E-state index in [2.05, 4.69) is 16.1 Å². The normalized spacial score (nSPS) is 14.5. The standard InChI is InChI=1S/C22H21F3N4O3/c1-15(30)16-2-3-17(13-26)20(12-16)29-10-8-28(9-11-29)14-21(31)27-18-4-6-19(7-5-18)32-22(23,24)25/h2-7,12H,8-11,14H2,1H3,(H,27,31). The zero-order valence-corrected chi connectivity index (χ0v) is 17.3. The zero-order valence-electron chi connectivity index (χ0n) is 17.3. The van der Waals surface area contributed by atoms with Crippen molar-refractivity contribution in [1.29, 1.82) is 5.26 Å². The molecule has 0 saturated carbocycles. The summed E-state index contributed by atoms with van der Waals surface area (Å²) in [4.78, 5) is 27.9. The third-order valence-electron chi connectivity index (χ3n) is 4.98. The van der Waals surface area contributed by atoms with Crippen molar-refractivity contribution in [3.63, 3.8) is 0 Å². The molecular formula is C22H21F3N4O3. The number of ketones is 1. The van der Waals surface area contributed by atoms with Crippen LogP contribution in [0.15, 0.2) is 42.5 Å². The molecule has 1 aliphatic heterocycles. The van der Waals surface area contributed by atoms with Gasteiger partial charge in [-0.2, -0.15) is 5.26 Å². The van der Waals surface area contributed by atoms with Crippen LogP contribution in [0.5, 0.6) is 5.75 Å². The molecule has 168 valence electrons. The molecule has 1 heterocycles. The smallest absolute Gasteiger partial charge is 0.406 e. The number of benzene rings is 2. The second-order valence-corrected chi connectivity index (χ2v) is 7.28. The molecule has 0 radical (unpaired) electrons. The molecular weight excluding hydrogens is 425 g/mol. The summed E-state index contributed by atoms with van der Waals surface area (Å²) in [6, 6.07) is 12.1. The van der Waals surface area contributed by atoms with Crippen LogP contribution in [0.25, 0.3) is 0 Å². The minimum atomic E-state index is -4.77. The number of hydrogen-bond donors (Lipinski definition) is 1. The number of piperazine rings is 1. The van der Waals surface area contributed by atoms with Crippen LogP contribution in [0.3, 0.4) is 0 Å². The molecule has 0 bridgehead atoms. The van der Waals surface area contributed by atoms with E-state index in [-0.39, 0.29) is 24.0 Å². The van der Waals surface area contributed by atoms with Crippen molar-refractivity contribution in [3.8, 4) is 11.8 Å². The maximum atomic E-state index is 12.3. The molecule has 0 unspecified atom stereocenters. The topological polar surface area (TPSA) is 85.7 Å². The van der Waals surface area contributed by atoms with Crippen molar-refractivity contribution in [3.05, 3.63) is 53.6 Å². The molecule has 3 rings (SSSR count). The van der Waals surface area contributed by atoms with Gasteiger partial charge in [0, 0.05) is 37.4 Å². The molecule has 1 saturated heterocycles. The third kappa shape index (κ3) is 6.21. The van der Waals surface area contributed by atoms with Gasteiger partial charge >= 0.3 is 6.36 Å². The van der Waals surface area contributed by atoms with Gasteiger partial charge in [-0.3, -0.25) is 14.5 Å². The van der Waals surface area contributed by atoms with E-state index < -0.39 is 6.36 Å². The maximum Gasteiger partial charge on any atom is 0.573 e. The van der Waals surface area contributed by atoms with Gasteiger partial charge in [0.15, 0.2) is 5.78 Å². The molecule has 0 spiro atoms. The number of anilines is 2. The summed E-state index contributed by atoms with van der Waals surface area (Å²) in [6.07, 6.45) is -4.77. The van der Waals surface area contributed by atoms with Crippen LogP contribution in [0, 0.1) is 11.3 Å². The number of nitrogens with one attached hydrogen (secondary N) is 1. The fraction of sp³-hybridized carbons (Fsp3) is 0.318. The fourth-order valence-corrected chi connectivity index (χ4v) is 3.40. The van der Waals surface area contributed by atoms with Crippen LogP contribution >= 0.6 is 0 Å². The Morgan fingerprint density at radius 3 is 2.31 bits per heavy atom. The summed E-state index contributed by atoms with van der Waals surface area (Å²) in [5.41, 5.74) is 2.08. The van der Waals surface area contributed by atoms with E-state index in [4.69, 9.17) is 0 Å². The van der Waals surface area contributed by atoms with E-state index in [1.165, 1.54) is 19.1 Å². The minimum Gasteiger partial charge on any atom is -0.406 e. The summed E-state index contributed by atoms with van der Waals surface area (Å²) >= 11 is 0. The van der Waals surface area contributed by atoms with Crippen molar-refractivity contribution >= 4 is 23.1 Å². The summed E-state index contributed by atoms with van der Waals surface area (Å²) in [7, 11) is 0. The van der Waals surface area contributed by atoms with E-state index in [9.17, 15) is 28.0 Å². The van der Waals surface area contributed by atoms with Crippen LogP contribution in [0.2, 0.25) is 0 Å². The van der Waals surface area contributed by atoms with E-state index in [0.717, 1.165) is 12.1 Å². The first-order chi connectivity index (χ1) is 15.1. The van der Waals surface area contributed by atoms with Gasteiger partial charge in [-0.25, -0.2) is 0 Å². The van der Waals surface area contributed by atoms with Gasteiger partial charge in [0.1, 0.15) is 11.8 Å². The monoisotopic (exact) mass is 446 g/mol. The Balaban J connectivity index is 1.53. The van der Waals surface area contributed by atoms with E-state index >= 15 is 0 Å². The molecule has 10 heteroatoms. The lowest BCUT2D eigenvalue weighted by molar-refractivity contribution is -0.274. The van der Waals surface area contributed by atoms with Crippen molar-refractivity contribution < 1.29 is 27.5 Å². The number of carbonyl (C=O) groups is 2. The van der Waals surface area contributed by atoms with Crippen LogP contribution in [0.4, 0.5) is 24.5 Å². The Bertz CT molecular complexity index is 1020. The van der Waals surface area contributed by atoms with Crippen molar-refractivity contribution in [2.24, 2.45) is 0 Å². The lowest BCUT2D eigenvalue weighted by atomic mass is 10.1. The summed E-state index contributed by atoms with van der Waals surface area (Å²) in [6.45, 7) is 3.88. The largest absolute Gasteiger partial charge is 0.573 e. The Labute approximate surface area is 183 Å². The summed E-state index contributed by atoms with van der Waals surface area (Å²) < 4.78 is 40.4. The second-order valence-electron chi connectivity index (χ2n) is 7.28. The SMILES string of the molecule is CC(=O)c1ccc(C#N)c(N2CCN(CC(=O)Nc3ccc(OC(F)(F)F)cc3)CC2)c1. The first-order valence-corrected chi connectivity index (χ1v) is 9.82. The van der Waals surface area contributed by atoms with Crippen LogP contribution in [0.1, 0.15) is 22.8 Å². The predicted octanol–water partition coefficient (Wildman–Crippen LogP) is 3.42. The summed E-state index contributed by atoms with van der Waals surface area (Å²) in [5.74, 6) is -0.736. The molecule has 1 N–H and O–H groups in total. The third-order valence-corrected chi connectivity index (χ3v) is 4.98. The average Bonchev–Trinajstić information content (AvgIpc) is 2.74. The minimum absolute atomic E-state index is 0.0796. The fourth-order valence-electron chi connectivity index (χ4n) is 3.40. The predicted molar refractivity (Wildman–Crippen MR) is 112 cm³/mol. The highest BCUT2D eigenvalue weighted by Crippen LogP contribution is 2.25. The van der Waals surface area contributed by atoms with Crippen LogP contribution in [-0.2, 0) is 4.79 Å². The van der Waals surface area contributed by atoms with Gasteiger partial charge in [-0.15, -0.1) is 13.2 Å². The van der Waals surface area contributed by atoms with Gasteiger partial charge in [0.25, 0.3) is 0 Å². The van der Waals surface area contributed by atoms with Crippen LogP contribution < -0.4 is 15.0 Å². The molecule has 0 aromatic heterocycles. The number of nitriles is 1. The molecule has 1 aliphatic rings. The molecule has 1 fully saturated rings. The van der Waals surface area contributed by atoms with Gasteiger partial charge in [-0.05, 0) is 49.4 Å². The molecule has 1 amide bonds. The average molecular weight is 446 g/mol. The number of alkyl halides is 3. The number of ether oxygens (including phenoxy) is 1. The first-order valence-electron chi connectivity index (χ1n) is 9.82. The molecule has 7 nitrogen and oxygen atoms in total. The lowest BCUT2D eigenvalue weighted by Gasteiger charge is -2.36. The van der Waals surface area contributed by atoms with Gasteiger partial charge in [-0.1, -0.05) is 0 Å². The Morgan fingerprint density at radius 1 is 1.09 bits per heavy atom. The van der Waals surface area contributed by atoms with E-state index in [0.29, 0.717) is 48.7 Å². The Morgan fingerprint density at radius 2 is 1.75 bits per heavy atom. The van der Waals surface area contributed by atoms with Gasteiger partial charge in [0.05, 0.1) is 17.8 Å². The number of hydrogen-bond acceptors (Lipinski definition) is 6. The summed E-state index contributed by atoms with van der Waals surface area (Å²) in [5, 5.41) is 12.0. The molecule has 2 aromatic carbocycles. The molecule has 0 aliphatic carbocycles. The Hall–Kier alpha value is -3.58.